The maximum absolute atomic E-state index is 13.3. The van der Waals surface area contributed by atoms with Crippen molar-refractivity contribution in [2.24, 2.45) is 16.8 Å². The summed E-state index contributed by atoms with van der Waals surface area (Å²) in [6.07, 6.45) is 8.45. The van der Waals surface area contributed by atoms with E-state index >= 15 is 0 Å². The largest absolute Gasteiger partial charge is 0.377 e. The first-order chi connectivity index (χ1) is 15.2. The summed E-state index contributed by atoms with van der Waals surface area (Å²) in [6, 6.07) is 8.92. The van der Waals surface area contributed by atoms with Crippen molar-refractivity contribution in [3.8, 4) is 0 Å². The Hall–Kier alpha value is -2.68. The molecule has 7 nitrogen and oxygen atoms in total. The van der Waals surface area contributed by atoms with E-state index in [1.54, 1.807) is 0 Å². The molecule has 31 heavy (non-hydrogen) atoms. The number of nitrogens with one attached hydrogen (secondary N) is 4. The van der Waals surface area contributed by atoms with Crippen LogP contribution in [0, 0.1) is 17.7 Å². The minimum Gasteiger partial charge on any atom is -0.377 e. The lowest BCUT2D eigenvalue weighted by molar-refractivity contribution is -0.0806. The van der Waals surface area contributed by atoms with Crippen molar-refractivity contribution < 1.29 is 9.13 Å². The zero-order valence-corrected chi connectivity index (χ0v) is 17.3. The van der Waals surface area contributed by atoms with E-state index in [0.29, 0.717) is 25.0 Å². The third-order valence-electron chi connectivity index (χ3n) is 7.17. The van der Waals surface area contributed by atoms with Crippen LogP contribution in [0.5, 0.6) is 0 Å². The lowest BCUT2D eigenvalue weighted by atomic mass is 9.79. The number of allylic oxidation sites excluding steroid dienone is 1. The van der Waals surface area contributed by atoms with Gasteiger partial charge in [-0.1, -0.05) is 12.1 Å². The highest BCUT2D eigenvalue weighted by atomic mass is 19.1. The van der Waals surface area contributed by atoms with Gasteiger partial charge < -0.3 is 20.5 Å². The Morgan fingerprint density at radius 3 is 2.68 bits per heavy atom. The molecular weight excluding hydrogens is 395 g/mol. The van der Waals surface area contributed by atoms with Gasteiger partial charge in [-0.25, -0.2) is 14.4 Å². The van der Waals surface area contributed by atoms with Crippen LogP contribution in [-0.4, -0.2) is 36.1 Å². The number of aromatic nitrogens is 1. The van der Waals surface area contributed by atoms with E-state index in [1.165, 1.54) is 36.4 Å². The van der Waals surface area contributed by atoms with E-state index in [2.05, 4.69) is 32.3 Å². The van der Waals surface area contributed by atoms with Gasteiger partial charge >= 0.3 is 0 Å². The van der Waals surface area contributed by atoms with E-state index in [0.717, 1.165) is 36.3 Å². The quantitative estimate of drug-likeness (QED) is 0.596. The van der Waals surface area contributed by atoms with Crippen LogP contribution in [0.3, 0.4) is 0 Å². The Labute approximate surface area is 180 Å². The Morgan fingerprint density at radius 2 is 1.94 bits per heavy atom. The summed E-state index contributed by atoms with van der Waals surface area (Å²) in [5.41, 5.74) is 11.2. The van der Waals surface area contributed by atoms with Gasteiger partial charge in [0.1, 0.15) is 18.0 Å². The maximum Gasteiger partial charge on any atom is 0.141 e. The van der Waals surface area contributed by atoms with Crippen molar-refractivity contribution in [2.75, 3.05) is 19.8 Å². The third-order valence-corrected chi connectivity index (χ3v) is 7.17. The molecule has 1 saturated carbocycles. The molecule has 3 aliphatic heterocycles. The molecule has 4 heterocycles. The summed E-state index contributed by atoms with van der Waals surface area (Å²) in [5, 5.41) is 5.73. The van der Waals surface area contributed by atoms with Gasteiger partial charge in [0.25, 0.3) is 0 Å². The van der Waals surface area contributed by atoms with Gasteiger partial charge in [-0.15, -0.1) is 5.53 Å². The van der Waals surface area contributed by atoms with Crippen molar-refractivity contribution >= 4 is 17.9 Å². The summed E-state index contributed by atoms with van der Waals surface area (Å²) < 4.78 is 18.9. The van der Waals surface area contributed by atoms with Crippen LogP contribution >= 0.6 is 0 Å². The summed E-state index contributed by atoms with van der Waals surface area (Å²) in [6.45, 7) is 2.26. The molecule has 0 amide bonds. The fourth-order valence-electron chi connectivity index (χ4n) is 5.24. The highest BCUT2D eigenvalue weighted by Crippen LogP contribution is 2.41. The van der Waals surface area contributed by atoms with Gasteiger partial charge in [0, 0.05) is 17.7 Å². The number of H-pyrrole nitrogens is 1. The number of hydrazine groups is 2. The minimum absolute atomic E-state index is 0.168. The molecular formula is C23H27FN6O. The summed E-state index contributed by atoms with van der Waals surface area (Å²) in [4.78, 5) is 7.65. The molecule has 4 aliphatic rings. The zero-order chi connectivity index (χ0) is 20.8. The average Bonchev–Trinajstić information content (AvgIpc) is 3.41. The number of nitrogens with zero attached hydrogens (tertiary/aromatic N) is 2. The van der Waals surface area contributed by atoms with Gasteiger partial charge in [-0.2, -0.15) is 0 Å². The van der Waals surface area contributed by atoms with E-state index in [1.807, 2.05) is 29.7 Å². The monoisotopic (exact) mass is 422 g/mol. The molecule has 0 radical (unpaired) electrons. The van der Waals surface area contributed by atoms with E-state index in [9.17, 15) is 4.39 Å². The van der Waals surface area contributed by atoms with Crippen LogP contribution in [0.4, 0.5) is 10.2 Å². The highest BCUT2D eigenvalue weighted by Gasteiger charge is 2.41. The number of hydrogen-bond acceptors (Lipinski definition) is 6. The second kappa shape index (κ2) is 7.47. The van der Waals surface area contributed by atoms with Crippen LogP contribution in [0.25, 0.3) is 5.70 Å². The average molecular weight is 423 g/mol. The molecule has 0 spiro atoms. The topological polar surface area (TPSA) is 76.7 Å². The smallest absolute Gasteiger partial charge is 0.141 e. The van der Waals surface area contributed by atoms with Crippen molar-refractivity contribution in [2.45, 2.75) is 31.2 Å². The van der Waals surface area contributed by atoms with Crippen molar-refractivity contribution in [1.82, 2.24) is 26.3 Å². The third kappa shape index (κ3) is 3.26. The molecule has 2 aromatic rings. The summed E-state index contributed by atoms with van der Waals surface area (Å²) >= 11 is 0. The van der Waals surface area contributed by atoms with Gasteiger partial charge in [-0.3, -0.25) is 0 Å². The van der Waals surface area contributed by atoms with Crippen LogP contribution < -0.4 is 16.3 Å². The first-order valence-corrected chi connectivity index (χ1v) is 11.1. The first kappa shape index (κ1) is 19.0. The molecule has 1 aromatic carbocycles. The number of aliphatic imine (C=N–C) groups is 1. The number of halogens is 1. The minimum atomic E-state index is -0.197. The number of benzene rings is 1. The summed E-state index contributed by atoms with van der Waals surface area (Å²) in [7, 11) is 0. The Balaban J connectivity index is 1.10. The van der Waals surface area contributed by atoms with E-state index in [-0.39, 0.29) is 11.4 Å². The zero-order valence-electron chi connectivity index (χ0n) is 17.3. The Bertz CT molecular complexity index is 1020. The van der Waals surface area contributed by atoms with Crippen LogP contribution in [0.15, 0.2) is 47.2 Å². The van der Waals surface area contributed by atoms with Crippen molar-refractivity contribution in [3.63, 3.8) is 0 Å². The SMILES string of the molecule is Fc1ccc(C2(NCC3CCC(C4=C5c6cc[nH]c6N=CN5NN4)CC3)COC2)cc1. The van der Waals surface area contributed by atoms with Crippen molar-refractivity contribution in [1.29, 1.82) is 0 Å². The molecule has 2 fully saturated rings. The number of ether oxygens (including phenoxy) is 1. The van der Waals surface area contributed by atoms with Gasteiger partial charge in [0.2, 0.25) is 0 Å². The molecule has 1 saturated heterocycles. The predicted octanol–water partition coefficient (Wildman–Crippen LogP) is 3.14. The predicted molar refractivity (Wildman–Crippen MR) is 116 cm³/mol. The van der Waals surface area contributed by atoms with Gasteiger partial charge in [0.15, 0.2) is 0 Å². The molecule has 6 rings (SSSR count). The molecule has 1 aliphatic carbocycles. The number of rotatable bonds is 5. The van der Waals surface area contributed by atoms with E-state index < -0.39 is 0 Å². The molecule has 1 aromatic heterocycles. The maximum atomic E-state index is 13.3. The summed E-state index contributed by atoms with van der Waals surface area (Å²) in [5.74, 6) is 1.87. The molecule has 4 N–H and O–H groups in total. The Morgan fingerprint density at radius 1 is 1.13 bits per heavy atom. The second-order valence-electron chi connectivity index (χ2n) is 9.03. The molecule has 0 bridgehead atoms. The molecule has 8 heteroatoms. The number of fused-ring (bicyclic) bond motifs is 3. The fourth-order valence-corrected chi connectivity index (χ4v) is 5.24. The molecule has 0 unspecified atom stereocenters. The first-order valence-electron chi connectivity index (χ1n) is 11.1. The van der Waals surface area contributed by atoms with E-state index in [4.69, 9.17) is 4.74 Å². The fraction of sp³-hybridized carbons (Fsp3) is 0.435. The lowest BCUT2D eigenvalue weighted by Crippen LogP contribution is -2.58. The molecule has 162 valence electrons. The van der Waals surface area contributed by atoms with Gasteiger partial charge in [-0.05, 0) is 61.9 Å². The number of hydrogen-bond donors (Lipinski definition) is 4. The standard InChI is InChI=1S/C23H27FN6O/c24-18-7-5-17(6-8-18)23(12-31-13-23)27-11-15-1-3-16(4-2-15)20-21-19-9-10-25-22(19)26-14-30(21)29-28-20/h5-10,14-16,25,27-29H,1-4,11-13H2. The van der Waals surface area contributed by atoms with Gasteiger partial charge in [0.05, 0.1) is 30.1 Å². The Kier molecular flexibility index (Phi) is 4.59. The normalized spacial score (nSPS) is 26.3. The second-order valence-corrected chi connectivity index (χ2v) is 9.03. The lowest BCUT2D eigenvalue weighted by Gasteiger charge is -2.44. The highest BCUT2D eigenvalue weighted by molar-refractivity contribution is 5.87. The van der Waals surface area contributed by atoms with Crippen LogP contribution in [0.2, 0.25) is 0 Å². The van der Waals surface area contributed by atoms with Crippen LogP contribution in [0.1, 0.15) is 36.8 Å². The van der Waals surface area contributed by atoms with Crippen LogP contribution in [-0.2, 0) is 10.3 Å². The van der Waals surface area contributed by atoms with Crippen molar-refractivity contribution in [3.05, 3.63) is 59.2 Å². The molecule has 0 atom stereocenters. The number of aromatic amines is 1.